The summed E-state index contributed by atoms with van der Waals surface area (Å²) in [5.74, 6) is 1.98. The first-order chi connectivity index (χ1) is 17.2. The molecule has 0 saturated heterocycles. The fourth-order valence-corrected chi connectivity index (χ4v) is 4.77. The van der Waals surface area contributed by atoms with E-state index in [1.54, 1.807) is 4.57 Å². The maximum Gasteiger partial charge on any atom is 0.263 e. The topological polar surface area (TPSA) is 91.1 Å². The molecule has 0 saturated carbocycles. The summed E-state index contributed by atoms with van der Waals surface area (Å²) in [6.45, 7) is 2.44. The molecule has 172 valence electrons. The second kappa shape index (κ2) is 8.84. The molecule has 35 heavy (non-hydrogen) atoms. The molecule has 0 fully saturated rings. The van der Waals surface area contributed by atoms with Crippen molar-refractivity contribution < 1.29 is 4.52 Å². The van der Waals surface area contributed by atoms with Gasteiger partial charge in [-0.1, -0.05) is 77.1 Å². The zero-order valence-corrected chi connectivity index (χ0v) is 19.6. The smallest absolute Gasteiger partial charge is 0.263 e. The Kier molecular flexibility index (Phi) is 5.38. The Hall–Kier alpha value is -4.24. The largest absolute Gasteiger partial charge is 0.334 e. The number of fused-ring (bicyclic) bond motifs is 3. The number of benzene rings is 3. The van der Waals surface area contributed by atoms with Crippen molar-refractivity contribution in [2.45, 2.75) is 24.4 Å². The van der Waals surface area contributed by atoms with Gasteiger partial charge in [-0.3, -0.25) is 13.8 Å². The molecular weight excluding hydrogens is 460 g/mol. The SMILES string of the molecule is Cc1ccc(-c2nc(CSc3nnc4n(Cc5ccccc5)c(=O)c5ccccc5n34)no2)cc1. The van der Waals surface area contributed by atoms with E-state index in [0.717, 1.165) is 16.6 Å². The maximum atomic E-state index is 13.3. The average Bonchev–Trinajstić information content (AvgIpc) is 3.54. The van der Waals surface area contributed by atoms with Crippen molar-refractivity contribution in [1.29, 1.82) is 0 Å². The number of aryl methyl sites for hydroxylation is 1. The summed E-state index contributed by atoms with van der Waals surface area (Å²) in [6.07, 6.45) is 0. The monoisotopic (exact) mass is 480 g/mol. The highest BCUT2D eigenvalue weighted by Crippen LogP contribution is 2.25. The van der Waals surface area contributed by atoms with E-state index in [9.17, 15) is 4.79 Å². The Morgan fingerprint density at radius 3 is 2.51 bits per heavy atom. The summed E-state index contributed by atoms with van der Waals surface area (Å²) in [6, 6.07) is 25.3. The van der Waals surface area contributed by atoms with Gasteiger partial charge in [0.25, 0.3) is 11.4 Å². The van der Waals surface area contributed by atoms with Gasteiger partial charge < -0.3 is 4.52 Å². The van der Waals surface area contributed by atoms with Gasteiger partial charge in [0, 0.05) is 5.56 Å². The van der Waals surface area contributed by atoms with Gasteiger partial charge in [0.1, 0.15) is 0 Å². The predicted octanol–water partition coefficient (Wildman–Crippen LogP) is 4.74. The lowest BCUT2D eigenvalue weighted by atomic mass is 10.1. The molecule has 3 aromatic carbocycles. The molecule has 0 radical (unpaired) electrons. The number of para-hydroxylation sites is 1. The molecule has 0 spiro atoms. The zero-order valence-electron chi connectivity index (χ0n) is 18.8. The van der Waals surface area contributed by atoms with Crippen LogP contribution in [-0.2, 0) is 12.3 Å². The van der Waals surface area contributed by atoms with Crippen molar-refractivity contribution in [2.75, 3.05) is 0 Å². The van der Waals surface area contributed by atoms with Crippen molar-refractivity contribution >= 4 is 28.4 Å². The third kappa shape index (κ3) is 4.00. The number of hydrogen-bond donors (Lipinski definition) is 0. The second-order valence-corrected chi connectivity index (χ2v) is 9.12. The third-order valence-electron chi connectivity index (χ3n) is 5.76. The lowest BCUT2D eigenvalue weighted by Crippen LogP contribution is -2.24. The molecule has 0 amide bonds. The Morgan fingerprint density at radius 1 is 0.914 bits per heavy atom. The number of thioether (sulfide) groups is 1. The van der Waals surface area contributed by atoms with E-state index >= 15 is 0 Å². The maximum absolute atomic E-state index is 13.3. The van der Waals surface area contributed by atoms with E-state index in [2.05, 4.69) is 20.3 Å². The molecule has 0 bridgehead atoms. The molecule has 6 aromatic rings. The predicted molar refractivity (Wildman–Crippen MR) is 134 cm³/mol. The highest BCUT2D eigenvalue weighted by atomic mass is 32.2. The van der Waals surface area contributed by atoms with Gasteiger partial charge in [0.15, 0.2) is 11.0 Å². The lowest BCUT2D eigenvalue weighted by molar-refractivity contribution is 0.425. The third-order valence-corrected chi connectivity index (χ3v) is 6.68. The van der Waals surface area contributed by atoms with Gasteiger partial charge in [-0.2, -0.15) is 4.98 Å². The summed E-state index contributed by atoms with van der Waals surface area (Å²) in [4.78, 5) is 17.9. The van der Waals surface area contributed by atoms with Gasteiger partial charge in [0.2, 0.25) is 5.78 Å². The van der Waals surface area contributed by atoms with Crippen LogP contribution in [0.25, 0.3) is 28.1 Å². The van der Waals surface area contributed by atoms with Crippen LogP contribution in [0.1, 0.15) is 17.0 Å². The quantitative estimate of drug-likeness (QED) is 0.318. The van der Waals surface area contributed by atoms with E-state index in [0.29, 0.717) is 40.3 Å². The highest BCUT2D eigenvalue weighted by molar-refractivity contribution is 7.98. The molecule has 8 nitrogen and oxygen atoms in total. The first kappa shape index (κ1) is 21.3. The van der Waals surface area contributed by atoms with Crippen molar-refractivity contribution in [3.05, 3.63) is 106 Å². The molecule has 0 N–H and O–H groups in total. The molecule has 3 heterocycles. The highest BCUT2D eigenvalue weighted by Gasteiger charge is 2.18. The van der Waals surface area contributed by atoms with Crippen molar-refractivity contribution in [2.24, 2.45) is 0 Å². The minimum atomic E-state index is -0.0955. The molecule has 9 heteroatoms. The molecule has 0 aliphatic rings. The molecular formula is C26H20N6O2S. The lowest BCUT2D eigenvalue weighted by Gasteiger charge is -2.11. The van der Waals surface area contributed by atoms with Crippen molar-refractivity contribution in [3.63, 3.8) is 0 Å². The zero-order chi connectivity index (χ0) is 23.8. The normalized spacial score (nSPS) is 11.5. The Morgan fingerprint density at radius 2 is 1.69 bits per heavy atom. The minimum absolute atomic E-state index is 0.0955. The van der Waals surface area contributed by atoms with Crippen LogP contribution < -0.4 is 5.56 Å². The van der Waals surface area contributed by atoms with E-state index in [4.69, 9.17) is 4.52 Å². The minimum Gasteiger partial charge on any atom is -0.334 e. The number of rotatable bonds is 6. The summed E-state index contributed by atoms with van der Waals surface area (Å²) in [5.41, 5.74) is 3.72. The van der Waals surface area contributed by atoms with Gasteiger partial charge in [-0.25, -0.2) is 0 Å². The van der Waals surface area contributed by atoms with Crippen LogP contribution in [0, 0.1) is 6.92 Å². The number of nitrogens with zero attached hydrogens (tertiary/aromatic N) is 6. The first-order valence-corrected chi connectivity index (χ1v) is 12.1. The summed E-state index contributed by atoms with van der Waals surface area (Å²) < 4.78 is 9.04. The van der Waals surface area contributed by atoms with E-state index in [1.807, 2.05) is 90.2 Å². The Balaban J connectivity index is 1.36. The standard InChI is InChI=1S/C26H20N6O2S/c1-17-11-13-19(14-12-17)23-27-22(30-34-23)16-35-26-29-28-25-31(15-18-7-3-2-4-8-18)24(33)20-9-5-6-10-21(20)32(25)26/h2-14H,15-16H2,1H3. The summed E-state index contributed by atoms with van der Waals surface area (Å²) in [7, 11) is 0. The fourth-order valence-electron chi connectivity index (χ4n) is 3.99. The fraction of sp³-hybridized carbons (Fsp3) is 0.115. The summed E-state index contributed by atoms with van der Waals surface area (Å²) in [5, 5.41) is 14.2. The molecule has 6 rings (SSSR count). The van der Waals surface area contributed by atoms with Crippen LogP contribution in [0.3, 0.4) is 0 Å². The molecule has 0 unspecified atom stereocenters. The van der Waals surface area contributed by atoms with E-state index in [1.165, 1.54) is 17.3 Å². The first-order valence-electron chi connectivity index (χ1n) is 11.1. The second-order valence-electron chi connectivity index (χ2n) is 8.18. The van der Waals surface area contributed by atoms with Gasteiger partial charge in [-0.15, -0.1) is 10.2 Å². The van der Waals surface area contributed by atoms with Crippen LogP contribution in [0.15, 0.2) is 93.3 Å². The van der Waals surface area contributed by atoms with Crippen LogP contribution >= 0.6 is 11.8 Å². The van der Waals surface area contributed by atoms with E-state index < -0.39 is 0 Å². The molecule has 3 aromatic heterocycles. The number of aromatic nitrogens is 6. The van der Waals surface area contributed by atoms with Crippen LogP contribution in [0.4, 0.5) is 0 Å². The number of hydrogen-bond acceptors (Lipinski definition) is 7. The van der Waals surface area contributed by atoms with Crippen LogP contribution in [0.5, 0.6) is 0 Å². The Bertz CT molecular complexity index is 1700. The van der Waals surface area contributed by atoms with Gasteiger partial charge in [-0.05, 0) is 36.8 Å². The average molecular weight is 481 g/mol. The van der Waals surface area contributed by atoms with Crippen molar-refractivity contribution in [1.82, 2.24) is 29.3 Å². The van der Waals surface area contributed by atoms with E-state index in [-0.39, 0.29) is 5.56 Å². The van der Waals surface area contributed by atoms with Crippen LogP contribution in [0.2, 0.25) is 0 Å². The van der Waals surface area contributed by atoms with Gasteiger partial charge >= 0.3 is 0 Å². The summed E-state index contributed by atoms with van der Waals surface area (Å²) >= 11 is 1.45. The Labute approximate surface area is 204 Å². The molecule has 0 atom stereocenters. The van der Waals surface area contributed by atoms with Crippen molar-refractivity contribution in [3.8, 4) is 11.5 Å². The molecule has 0 aliphatic carbocycles. The molecule has 0 aliphatic heterocycles. The van der Waals surface area contributed by atoms with Crippen LogP contribution in [-0.4, -0.2) is 29.3 Å². The van der Waals surface area contributed by atoms with Gasteiger partial charge in [0.05, 0.1) is 23.2 Å².